The summed E-state index contributed by atoms with van der Waals surface area (Å²) in [5, 5.41) is 3.43. The molecule has 2 nitrogen and oxygen atoms in total. The Morgan fingerprint density at radius 1 is 1.40 bits per heavy atom. The zero-order chi connectivity index (χ0) is 15.0. The minimum Gasteiger partial charge on any atom is -0.385 e. The zero-order valence-electron chi connectivity index (χ0n) is 13.0. The van der Waals surface area contributed by atoms with Crippen molar-refractivity contribution >= 4 is 11.8 Å². The highest BCUT2D eigenvalue weighted by atomic mass is 32.2. The van der Waals surface area contributed by atoms with Gasteiger partial charge in [0.1, 0.15) is 5.82 Å². The fourth-order valence-corrected chi connectivity index (χ4v) is 3.13. The summed E-state index contributed by atoms with van der Waals surface area (Å²) in [6.07, 6.45) is 2.09. The first kappa shape index (κ1) is 17.5. The van der Waals surface area contributed by atoms with Gasteiger partial charge in [-0.25, -0.2) is 4.39 Å². The van der Waals surface area contributed by atoms with Crippen molar-refractivity contribution in [2.45, 2.75) is 44.6 Å². The summed E-state index contributed by atoms with van der Waals surface area (Å²) in [7, 11) is 1.72. The molecule has 0 aliphatic rings. The molecule has 0 radical (unpaired) electrons. The number of rotatable bonds is 9. The molecule has 1 atom stereocenters. The quantitative estimate of drug-likeness (QED) is 0.542. The Labute approximate surface area is 126 Å². The maximum atomic E-state index is 13.8. The molecule has 1 unspecified atom stereocenters. The van der Waals surface area contributed by atoms with Gasteiger partial charge in [-0.3, -0.25) is 0 Å². The second-order valence-electron chi connectivity index (χ2n) is 5.01. The van der Waals surface area contributed by atoms with E-state index in [1.54, 1.807) is 24.9 Å². The topological polar surface area (TPSA) is 21.3 Å². The number of hydrogen-bond acceptors (Lipinski definition) is 3. The Hall–Kier alpha value is -0.580. The predicted octanol–water partition coefficient (Wildman–Crippen LogP) is 4.32. The van der Waals surface area contributed by atoms with Crippen LogP contribution in [0.15, 0.2) is 17.0 Å². The maximum Gasteiger partial charge on any atom is 0.126 e. The van der Waals surface area contributed by atoms with Crippen LogP contribution in [0.5, 0.6) is 0 Å². The summed E-state index contributed by atoms with van der Waals surface area (Å²) in [6.45, 7) is 7.77. The Kier molecular flexibility index (Phi) is 8.19. The molecule has 20 heavy (non-hydrogen) atoms. The lowest BCUT2D eigenvalue weighted by atomic mass is 10.1. The molecule has 0 saturated heterocycles. The van der Waals surface area contributed by atoms with Crippen molar-refractivity contribution < 1.29 is 9.13 Å². The Morgan fingerprint density at radius 3 is 2.80 bits per heavy atom. The van der Waals surface area contributed by atoms with Crippen LogP contribution < -0.4 is 5.32 Å². The van der Waals surface area contributed by atoms with Gasteiger partial charge in [-0.05, 0) is 56.5 Å². The number of aryl methyl sites for hydroxylation is 1. The van der Waals surface area contributed by atoms with E-state index in [-0.39, 0.29) is 11.9 Å². The molecular formula is C16H26FNOS. The standard InChI is InChI=1S/C16H26FNOS/c1-5-7-18-13(3)14-11-15(17)12(2)10-16(14)20-9-6-8-19-4/h10-11,13,18H,5-9H2,1-4H3. The van der Waals surface area contributed by atoms with Gasteiger partial charge >= 0.3 is 0 Å². The monoisotopic (exact) mass is 299 g/mol. The van der Waals surface area contributed by atoms with E-state index in [4.69, 9.17) is 4.74 Å². The highest BCUT2D eigenvalue weighted by Gasteiger charge is 2.13. The van der Waals surface area contributed by atoms with Gasteiger partial charge < -0.3 is 10.1 Å². The fourth-order valence-electron chi connectivity index (χ4n) is 1.99. The van der Waals surface area contributed by atoms with Gasteiger partial charge in [0.15, 0.2) is 0 Å². The molecule has 1 aromatic rings. The number of methoxy groups -OCH3 is 1. The van der Waals surface area contributed by atoms with Gasteiger partial charge in [-0.1, -0.05) is 6.92 Å². The van der Waals surface area contributed by atoms with Crippen LogP contribution in [-0.4, -0.2) is 26.0 Å². The molecule has 0 aliphatic carbocycles. The molecule has 0 heterocycles. The first-order valence-electron chi connectivity index (χ1n) is 7.25. The third-order valence-corrected chi connectivity index (χ3v) is 4.37. The Balaban J connectivity index is 2.80. The number of ether oxygens (including phenoxy) is 1. The minimum absolute atomic E-state index is 0.119. The van der Waals surface area contributed by atoms with E-state index in [2.05, 4.69) is 19.2 Å². The van der Waals surface area contributed by atoms with Gasteiger partial charge in [-0.15, -0.1) is 11.8 Å². The summed E-state index contributed by atoms with van der Waals surface area (Å²) in [5.41, 5.74) is 1.77. The van der Waals surface area contributed by atoms with Crippen molar-refractivity contribution in [2.75, 3.05) is 26.0 Å². The molecule has 0 fully saturated rings. The molecule has 1 N–H and O–H groups in total. The van der Waals surface area contributed by atoms with Crippen molar-refractivity contribution in [3.8, 4) is 0 Å². The zero-order valence-corrected chi connectivity index (χ0v) is 13.8. The van der Waals surface area contributed by atoms with Crippen LogP contribution in [0, 0.1) is 12.7 Å². The van der Waals surface area contributed by atoms with Crippen molar-refractivity contribution in [3.63, 3.8) is 0 Å². The maximum absolute atomic E-state index is 13.8. The normalized spacial score (nSPS) is 12.7. The number of hydrogen-bond donors (Lipinski definition) is 1. The molecule has 114 valence electrons. The van der Waals surface area contributed by atoms with Crippen LogP contribution in [0.2, 0.25) is 0 Å². The highest BCUT2D eigenvalue weighted by molar-refractivity contribution is 7.99. The lowest BCUT2D eigenvalue weighted by molar-refractivity contribution is 0.200. The van der Waals surface area contributed by atoms with E-state index in [9.17, 15) is 4.39 Å². The van der Waals surface area contributed by atoms with Crippen LogP contribution in [-0.2, 0) is 4.74 Å². The van der Waals surface area contributed by atoms with E-state index in [1.807, 2.05) is 13.0 Å². The molecule has 0 aromatic heterocycles. The SMILES string of the molecule is CCCNC(C)c1cc(F)c(C)cc1SCCCOC. The number of nitrogens with one attached hydrogen (secondary N) is 1. The highest BCUT2D eigenvalue weighted by Crippen LogP contribution is 2.30. The van der Waals surface area contributed by atoms with E-state index < -0.39 is 0 Å². The van der Waals surface area contributed by atoms with Gasteiger partial charge in [0.05, 0.1) is 0 Å². The van der Waals surface area contributed by atoms with Crippen LogP contribution in [0.25, 0.3) is 0 Å². The number of thioether (sulfide) groups is 1. The summed E-state index contributed by atoms with van der Waals surface area (Å²) >= 11 is 1.78. The van der Waals surface area contributed by atoms with Crippen molar-refractivity contribution in [3.05, 3.63) is 29.1 Å². The van der Waals surface area contributed by atoms with Crippen LogP contribution in [0.3, 0.4) is 0 Å². The van der Waals surface area contributed by atoms with Gasteiger partial charge in [0.2, 0.25) is 0 Å². The van der Waals surface area contributed by atoms with Crippen LogP contribution in [0.4, 0.5) is 4.39 Å². The average Bonchev–Trinajstić information content (AvgIpc) is 2.44. The third kappa shape index (κ3) is 5.43. The largest absolute Gasteiger partial charge is 0.385 e. The fraction of sp³-hybridized carbons (Fsp3) is 0.625. The van der Waals surface area contributed by atoms with Crippen molar-refractivity contribution in [2.24, 2.45) is 0 Å². The van der Waals surface area contributed by atoms with E-state index in [0.29, 0.717) is 5.56 Å². The molecule has 0 bridgehead atoms. The number of halogens is 1. The van der Waals surface area contributed by atoms with Gasteiger partial charge in [-0.2, -0.15) is 0 Å². The molecule has 0 aliphatic heterocycles. The molecule has 0 amide bonds. The molecule has 4 heteroatoms. The first-order valence-corrected chi connectivity index (χ1v) is 8.23. The van der Waals surface area contributed by atoms with E-state index >= 15 is 0 Å². The molecular weight excluding hydrogens is 273 g/mol. The minimum atomic E-state index is -0.119. The van der Waals surface area contributed by atoms with Crippen molar-refractivity contribution in [1.29, 1.82) is 0 Å². The van der Waals surface area contributed by atoms with E-state index in [1.165, 1.54) is 4.90 Å². The lowest BCUT2D eigenvalue weighted by Crippen LogP contribution is -2.20. The Morgan fingerprint density at radius 2 is 2.15 bits per heavy atom. The van der Waals surface area contributed by atoms with Gasteiger partial charge in [0.25, 0.3) is 0 Å². The lowest BCUT2D eigenvalue weighted by Gasteiger charge is -2.18. The second-order valence-corrected chi connectivity index (χ2v) is 6.15. The molecule has 1 rings (SSSR count). The number of benzene rings is 1. The summed E-state index contributed by atoms with van der Waals surface area (Å²) in [4.78, 5) is 1.18. The molecule has 0 spiro atoms. The molecule has 1 aromatic carbocycles. The molecule has 0 saturated carbocycles. The predicted molar refractivity (Wildman–Crippen MR) is 85.1 cm³/mol. The third-order valence-electron chi connectivity index (χ3n) is 3.21. The average molecular weight is 299 g/mol. The van der Waals surface area contributed by atoms with Crippen LogP contribution in [0.1, 0.15) is 43.9 Å². The summed E-state index contributed by atoms with van der Waals surface area (Å²) in [5.74, 6) is 0.873. The smallest absolute Gasteiger partial charge is 0.126 e. The van der Waals surface area contributed by atoms with Crippen LogP contribution >= 0.6 is 11.8 Å². The summed E-state index contributed by atoms with van der Waals surface area (Å²) in [6, 6.07) is 3.82. The summed E-state index contributed by atoms with van der Waals surface area (Å²) < 4.78 is 18.9. The van der Waals surface area contributed by atoms with Crippen molar-refractivity contribution in [1.82, 2.24) is 5.32 Å². The first-order chi connectivity index (χ1) is 9.60. The second kappa shape index (κ2) is 9.37. The van der Waals surface area contributed by atoms with E-state index in [0.717, 1.165) is 37.3 Å². The Bertz CT molecular complexity index is 412. The van der Waals surface area contributed by atoms with Gasteiger partial charge in [0, 0.05) is 30.4 Å².